The van der Waals surface area contributed by atoms with Gasteiger partial charge in [0.05, 0.1) is 11.3 Å². The summed E-state index contributed by atoms with van der Waals surface area (Å²) in [6.45, 7) is 0.178. The van der Waals surface area contributed by atoms with E-state index in [2.05, 4.69) is 26.2 Å². The van der Waals surface area contributed by atoms with Gasteiger partial charge in [0.15, 0.2) is 5.78 Å². The number of imide groups is 1. The average Bonchev–Trinajstić information content (AvgIpc) is 3.16. The molecule has 3 aliphatic rings. The van der Waals surface area contributed by atoms with Gasteiger partial charge in [-0.2, -0.15) is 0 Å². The number of carbonyl (C=O) groups excluding carboxylic acids is 4. The number of piperidine rings is 1. The van der Waals surface area contributed by atoms with Gasteiger partial charge in [-0.15, -0.1) is 0 Å². The molecule has 5 rings (SSSR count). The molecule has 2 aromatic carbocycles. The molecule has 9 heteroatoms. The summed E-state index contributed by atoms with van der Waals surface area (Å²) in [4.78, 5) is 55.5. The number of fused-ring (bicyclic) bond motifs is 1. The quantitative estimate of drug-likeness (QED) is 0.455. The maximum atomic E-state index is 13.0. The zero-order valence-electron chi connectivity index (χ0n) is 18.7. The number of hydrogen-bond donors (Lipinski definition) is 2. The first-order valence-corrected chi connectivity index (χ1v) is 12.1. The Morgan fingerprint density at radius 2 is 1.86 bits per heavy atom. The molecule has 2 atom stereocenters. The molecule has 0 saturated carbocycles. The van der Waals surface area contributed by atoms with Crippen molar-refractivity contribution in [2.45, 2.75) is 44.2 Å². The zero-order chi connectivity index (χ0) is 24.7. The highest BCUT2D eigenvalue weighted by Gasteiger charge is 2.40. The van der Waals surface area contributed by atoms with E-state index in [4.69, 9.17) is 0 Å². The summed E-state index contributed by atoms with van der Waals surface area (Å²) in [5.41, 5.74) is 2.71. The molecule has 178 valence electrons. The first-order valence-electron chi connectivity index (χ1n) is 11.3. The molecule has 0 aromatic heterocycles. The van der Waals surface area contributed by atoms with Crippen LogP contribution < -0.4 is 5.32 Å². The highest BCUT2D eigenvalue weighted by Crippen LogP contribution is 2.37. The van der Waals surface area contributed by atoms with E-state index >= 15 is 0 Å². The molecule has 2 heterocycles. The lowest BCUT2D eigenvalue weighted by Crippen LogP contribution is -2.52. The van der Waals surface area contributed by atoms with Crippen LogP contribution in [0.3, 0.4) is 0 Å². The molecular weight excluding hydrogens is 514 g/mol. The van der Waals surface area contributed by atoms with Crippen molar-refractivity contribution in [2.75, 3.05) is 0 Å². The summed E-state index contributed by atoms with van der Waals surface area (Å²) in [7, 11) is 0. The summed E-state index contributed by atoms with van der Waals surface area (Å²) in [5.74, 6) is -1.45. The van der Waals surface area contributed by atoms with Gasteiger partial charge in [-0.3, -0.25) is 29.5 Å². The summed E-state index contributed by atoms with van der Waals surface area (Å²) < 4.78 is 0.896. The molecule has 0 radical (unpaired) electrons. The molecule has 2 unspecified atom stereocenters. The van der Waals surface area contributed by atoms with Crippen LogP contribution in [0.1, 0.15) is 53.1 Å². The number of aliphatic imine (C=N–C) groups is 1. The van der Waals surface area contributed by atoms with Crippen LogP contribution in [0.15, 0.2) is 63.3 Å². The van der Waals surface area contributed by atoms with Crippen LogP contribution in [0, 0.1) is 0 Å². The van der Waals surface area contributed by atoms with E-state index < -0.39 is 11.9 Å². The van der Waals surface area contributed by atoms with Gasteiger partial charge >= 0.3 is 0 Å². The lowest BCUT2D eigenvalue weighted by atomic mass is 9.83. The molecule has 1 saturated heterocycles. The topological polar surface area (TPSA) is 116 Å². The molecule has 1 aliphatic carbocycles. The molecule has 35 heavy (non-hydrogen) atoms. The number of nitrogens with zero attached hydrogens (tertiary/aromatic N) is 2. The molecule has 3 amide bonds. The van der Waals surface area contributed by atoms with E-state index in [9.17, 15) is 24.3 Å². The number of allylic oxidation sites excluding steroid dienone is 2. The molecule has 8 nitrogen and oxygen atoms in total. The molecule has 0 spiro atoms. The SMILES string of the molecule is O=C1CCC(N2Cc3c(N=CC4=C(O)CC(c5ccccc5Br)CC4=O)cccc3C2=O)C(=O)N1. The summed E-state index contributed by atoms with van der Waals surface area (Å²) in [6.07, 6.45) is 2.39. The Labute approximate surface area is 209 Å². The number of nitrogens with one attached hydrogen (secondary N) is 1. The number of ketones is 1. The molecule has 2 aromatic rings. The van der Waals surface area contributed by atoms with Gasteiger partial charge in [-0.1, -0.05) is 40.2 Å². The Morgan fingerprint density at radius 3 is 2.60 bits per heavy atom. The number of Topliss-reactive ketones (excluding diaryl/α,β-unsaturated/α-hetero) is 1. The number of amides is 3. The summed E-state index contributed by atoms with van der Waals surface area (Å²) >= 11 is 3.51. The van der Waals surface area contributed by atoms with E-state index in [1.807, 2.05) is 24.3 Å². The van der Waals surface area contributed by atoms with E-state index in [0.717, 1.165) is 10.0 Å². The number of aliphatic hydroxyl groups excluding tert-OH is 1. The van der Waals surface area contributed by atoms with Crippen LogP contribution in [0.4, 0.5) is 5.69 Å². The zero-order valence-corrected chi connectivity index (χ0v) is 20.2. The predicted molar refractivity (Wildman–Crippen MR) is 131 cm³/mol. The third-order valence-corrected chi connectivity index (χ3v) is 7.44. The number of aliphatic hydroxyl groups is 1. The number of halogens is 1. The van der Waals surface area contributed by atoms with Crippen LogP contribution in [-0.2, 0) is 20.9 Å². The van der Waals surface area contributed by atoms with Crippen molar-refractivity contribution in [3.8, 4) is 0 Å². The number of benzene rings is 2. The van der Waals surface area contributed by atoms with Crippen LogP contribution in [0.25, 0.3) is 0 Å². The molecule has 1 fully saturated rings. The second-order valence-electron chi connectivity index (χ2n) is 8.87. The Bertz CT molecular complexity index is 1330. The fourth-order valence-corrected chi connectivity index (χ4v) is 5.52. The second-order valence-corrected chi connectivity index (χ2v) is 9.73. The van der Waals surface area contributed by atoms with Crippen molar-refractivity contribution in [3.05, 3.63) is 75.0 Å². The van der Waals surface area contributed by atoms with E-state index in [1.165, 1.54) is 11.1 Å². The van der Waals surface area contributed by atoms with Crippen molar-refractivity contribution in [2.24, 2.45) is 4.99 Å². The van der Waals surface area contributed by atoms with E-state index in [0.29, 0.717) is 23.2 Å². The van der Waals surface area contributed by atoms with Crippen molar-refractivity contribution >= 4 is 51.3 Å². The molecular formula is C26H22BrN3O5. The Morgan fingerprint density at radius 1 is 1.06 bits per heavy atom. The lowest BCUT2D eigenvalue weighted by Gasteiger charge is -2.29. The third-order valence-electron chi connectivity index (χ3n) is 6.72. The van der Waals surface area contributed by atoms with Crippen molar-refractivity contribution in [1.82, 2.24) is 10.2 Å². The van der Waals surface area contributed by atoms with E-state index in [1.54, 1.807) is 18.2 Å². The Balaban J connectivity index is 1.38. The maximum Gasteiger partial charge on any atom is 0.255 e. The smallest absolute Gasteiger partial charge is 0.255 e. The van der Waals surface area contributed by atoms with Gasteiger partial charge in [-0.05, 0) is 36.1 Å². The van der Waals surface area contributed by atoms with Gasteiger partial charge in [0.25, 0.3) is 5.91 Å². The van der Waals surface area contributed by atoms with E-state index in [-0.39, 0.29) is 60.7 Å². The van der Waals surface area contributed by atoms with Crippen LogP contribution >= 0.6 is 15.9 Å². The summed E-state index contributed by atoms with van der Waals surface area (Å²) in [6, 6.07) is 12.0. The maximum absolute atomic E-state index is 13.0. The fraction of sp³-hybridized carbons (Fsp3) is 0.269. The lowest BCUT2D eigenvalue weighted by molar-refractivity contribution is -0.137. The number of rotatable bonds is 4. The monoisotopic (exact) mass is 535 g/mol. The predicted octanol–water partition coefficient (Wildman–Crippen LogP) is 3.87. The highest BCUT2D eigenvalue weighted by molar-refractivity contribution is 9.10. The summed E-state index contributed by atoms with van der Waals surface area (Å²) in [5, 5.41) is 12.9. The third kappa shape index (κ3) is 4.32. The minimum atomic E-state index is -0.717. The second kappa shape index (κ2) is 9.22. The minimum Gasteiger partial charge on any atom is -0.511 e. The average molecular weight is 536 g/mol. The first-order chi connectivity index (χ1) is 16.8. The van der Waals surface area contributed by atoms with Crippen LogP contribution in [-0.4, -0.2) is 45.8 Å². The van der Waals surface area contributed by atoms with Crippen LogP contribution in [0.5, 0.6) is 0 Å². The van der Waals surface area contributed by atoms with Crippen molar-refractivity contribution in [3.63, 3.8) is 0 Å². The number of carbonyl (C=O) groups is 4. The van der Waals surface area contributed by atoms with Crippen molar-refractivity contribution in [1.29, 1.82) is 0 Å². The first kappa shape index (κ1) is 23.2. The van der Waals surface area contributed by atoms with Gasteiger partial charge in [0.1, 0.15) is 11.8 Å². The highest BCUT2D eigenvalue weighted by atomic mass is 79.9. The molecule has 0 bridgehead atoms. The normalized spacial score (nSPS) is 22.7. The van der Waals surface area contributed by atoms with Crippen molar-refractivity contribution < 1.29 is 24.3 Å². The van der Waals surface area contributed by atoms with Gasteiger partial charge < -0.3 is 10.0 Å². The fourth-order valence-electron chi connectivity index (χ4n) is 4.91. The van der Waals surface area contributed by atoms with Crippen LogP contribution in [0.2, 0.25) is 0 Å². The Kier molecular flexibility index (Phi) is 6.10. The Hall–Kier alpha value is -3.59. The number of hydrogen-bond acceptors (Lipinski definition) is 6. The molecule has 2 aliphatic heterocycles. The van der Waals surface area contributed by atoms with Gasteiger partial charge in [0, 0.05) is 47.6 Å². The standard InChI is InChI=1S/C26H22BrN3O5/c27-19-6-2-1-4-15(19)14-10-22(31)17(23(32)11-14)12-28-20-7-3-5-16-18(20)13-30(26(16)35)21-8-9-24(33)29-25(21)34/h1-7,12,14,21,31H,8-11,13H2,(H,29,33,34). The minimum absolute atomic E-state index is 0.0143. The van der Waals surface area contributed by atoms with Gasteiger partial charge in [0.2, 0.25) is 11.8 Å². The molecule has 2 N–H and O–H groups in total. The largest absolute Gasteiger partial charge is 0.511 e. The van der Waals surface area contributed by atoms with Gasteiger partial charge in [-0.25, -0.2) is 0 Å².